The van der Waals surface area contributed by atoms with Gasteiger partial charge in [0.25, 0.3) is 5.91 Å². The second kappa shape index (κ2) is 7.47. The van der Waals surface area contributed by atoms with Gasteiger partial charge < -0.3 is 0 Å². The van der Waals surface area contributed by atoms with E-state index in [0.717, 1.165) is 11.4 Å². The highest BCUT2D eigenvalue weighted by atomic mass is 32.1. The van der Waals surface area contributed by atoms with E-state index in [1.54, 1.807) is 29.1 Å². The van der Waals surface area contributed by atoms with Gasteiger partial charge in [0.05, 0.1) is 22.6 Å². The van der Waals surface area contributed by atoms with Crippen molar-refractivity contribution in [1.82, 2.24) is 19.7 Å². The highest BCUT2D eigenvalue weighted by molar-refractivity contribution is 7.22. The maximum Gasteiger partial charge on any atom is 0.278 e. The Morgan fingerprint density at radius 2 is 2.11 bits per heavy atom. The number of carbonyl (C=O) groups is 1. The number of halogens is 1. The Bertz CT molecular complexity index is 1140. The minimum atomic E-state index is -0.403. The van der Waals surface area contributed by atoms with E-state index < -0.39 is 5.82 Å². The minimum absolute atomic E-state index is 0.231. The van der Waals surface area contributed by atoms with Crippen LogP contribution in [0.25, 0.3) is 10.2 Å². The van der Waals surface area contributed by atoms with Crippen LogP contribution in [0, 0.1) is 12.7 Å². The molecule has 0 unspecified atom stereocenters. The normalized spacial score (nSPS) is 11.1. The molecular weight excluding hydrogens is 377 g/mol. The van der Waals surface area contributed by atoms with Crippen LogP contribution < -0.4 is 4.90 Å². The average Bonchev–Trinajstić information content (AvgIpc) is 3.30. The summed E-state index contributed by atoms with van der Waals surface area (Å²) in [5, 5.41) is 4.79. The Balaban J connectivity index is 1.81. The summed E-state index contributed by atoms with van der Waals surface area (Å²) in [5.74, 6) is -0.646. The number of hydrogen-bond donors (Lipinski definition) is 0. The fourth-order valence-corrected chi connectivity index (χ4v) is 3.97. The number of aromatic nitrogens is 4. The molecule has 0 atom stereocenters. The zero-order valence-electron chi connectivity index (χ0n) is 15.5. The molecule has 0 saturated heterocycles. The Morgan fingerprint density at radius 1 is 1.25 bits per heavy atom. The number of thiazole rings is 1. The average molecular weight is 395 g/mol. The molecule has 4 rings (SSSR count). The number of aryl methyl sites for hydroxylation is 2. The van der Waals surface area contributed by atoms with Crippen LogP contribution in [0.3, 0.4) is 0 Å². The van der Waals surface area contributed by atoms with Crippen LogP contribution in [0.15, 0.2) is 48.7 Å². The van der Waals surface area contributed by atoms with Gasteiger partial charge in [0.15, 0.2) is 5.13 Å². The van der Waals surface area contributed by atoms with Crippen molar-refractivity contribution >= 4 is 32.6 Å². The molecule has 8 heteroatoms. The van der Waals surface area contributed by atoms with Crippen LogP contribution in [0.5, 0.6) is 0 Å². The predicted molar refractivity (Wildman–Crippen MR) is 107 cm³/mol. The smallest absolute Gasteiger partial charge is 0.277 e. The number of para-hydroxylation sites is 1. The van der Waals surface area contributed by atoms with Crippen LogP contribution in [0.2, 0.25) is 0 Å². The van der Waals surface area contributed by atoms with E-state index in [1.165, 1.54) is 22.3 Å². The number of amides is 1. The first-order valence-electron chi connectivity index (χ1n) is 8.88. The van der Waals surface area contributed by atoms with Gasteiger partial charge in [-0.25, -0.2) is 9.37 Å². The van der Waals surface area contributed by atoms with E-state index in [0.29, 0.717) is 22.1 Å². The minimum Gasteiger partial charge on any atom is -0.277 e. The van der Waals surface area contributed by atoms with Gasteiger partial charge in [0, 0.05) is 12.7 Å². The highest BCUT2D eigenvalue weighted by Gasteiger charge is 2.25. The Morgan fingerprint density at radius 3 is 2.82 bits per heavy atom. The Kier molecular flexibility index (Phi) is 4.87. The van der Waals surface area contributed by atoms with Gasteiger partial charge in [-0.1, -0.05) is 23.5 Å². The number of benzene rings is 1. The van der Waals surface area contributed by atoms with Crippen molar-refractivity contribution in [1.29, 1.82) is 0 Å². The fourth-order valence-electron chi connectivity index (χ4n) is 3.00. The molecule has 1 amide bonds. The molecule has 3 heterocycles. The van der Waals surface area contributed by atoms with Gasteiger partial charge in [-0.05, 0) is 44.2 Å². The molecule has 0 aliphatic heterocycles. The lowest BCUT2D eigenvalue weighted by Crippen LogP contribution is -2.32. The second-order valence-electron chi connectivity index (χ2n) is 6.28. The third-order valence-electron chi connectivity index (χ3n) is 4.30. The molecule has 3 aromatic heterocycles. The molecule has 4 aromatic rings. The van der Waals surface area contributed by atoms with Crippen molar-refractivity contribution in [3.05, 3.63) is 71.6 Å². The van der Waals surface area contributed by atoms with Crippen molar-refractivity contribution in [2.45, 2.75) is 26.9 Å². The lowest BCUT2D eigenvalue weighted by Gasteiger charge is -2.19. The number of nitrogens with zero attached hydrogens (tertiary/aromatic N) is 5. The van der Waals surface area contributed by atoms with Gasteiger partial charge in [-0.2, -0.15) is 5.10 Å². The number of hydrogen-bond acceptors (Lipinski definition) is 5. The molecular formula is C20H18FN5OS. The van der Waals surface area contributed by atoms with E-state index in [-0.39, 0.29) is 18.0 Å². The van der Waals surface area contributed by atoms with E-state index in [4.69, 9.17) is 0 Å². The van der Waals surface area contributed by atoms with Crippen LogP contribution in [-0.2, 0) is 13.1 Å². The summed E-state index contributed by atoms with van der Waals surface area (Å²) >= 11 is 1.28. The number of pyridine rings is 1. The fraction of sp³-hybridized carbons (Fsp3) is 0.200. The monoisotopic (exact) mass is 395 g/mol. The largest absolute Gasteiger partial charge is 0.278 e. The summed E-state index contributed by atoms with van der Waals surface area (Å²) < 4.78 is 16.5. The molecule has 0 spiro atoms. The standard InChI is InChI=1S/C20H18FN5OS/c1-3-26-16(11-13(2)24-26)19(27)25(12-14-7-4-5-10-22-14)20-23-18-15(21)8-6-9-17(18)28-20/h4-11H,3,12H2,1-2H3. The highest BCUT2D eigenvalue weighted by Crippen LogP contribution is 2.32. The van der Waals surface area contributed by atoms with Crippen molar-refractivity contribution < 1.29 is 9.18 Å². The SMILES string of the molecule is CCn1nc(C)cc1C(=O)N(Cc1ccccn1)c1nc2c(F)cccc2s1. The third kappa shape index (κ3) is 3.38. The van der Waals surface area contributed by atoms with Crippen LogP contribution in [0.4, 0.5) is 9.52 Å². The van der Waals surface area contributed by atoms with Crippen LogP contribution in [0.1, 0.15) is 28.8 Å². The van der Waals surface area contributed by atoms with Gasteiger partial charge >= 0.3 is 0 Å². The summed E-state index contributed by atoms with van der Waals surface area (Å²) in [6.07, 6.45) is 1.68. The Labute approximate surface area is 165 Å². The Hall–Kier alpha value is -3.13. The lowest BCUT2D eigenvalue weighted by atomic mass is 10.3. The molecule has 0 aliphatic carbocycles. The number of carbonyl (C=O) groups excluding carboxylic acids is 1. The maximum atomic E-state index is 14.2. The van der Waals surface area contributed by atoms with Gasteiger partial charge in [0.2, 0.25) is 0 Å². The summed E-state index contributed by atoms with van der Waals surface area (Å²) in [7, 11) is 0. The number of rotatable bonds is 5. The topological polar surface area (TPSA) is 63.9 Å². The van der Waals surface area contributed by atoms with Crippen molar-refractivity contribution in [3.8, 4) is 0 Å². The van der Waals surface area contributed by atoms with Crippen molar-refractivity contribution in [2.24, 2.45) is 0 Å². The molecule has 0 saturated carbocycles. The van der Waals surface area contributed by atoms with Crippen molar-refractivity contribution in [3.63, 3.8) is 0 Å². The van der Waals surface area contributed by atoms with E-state index in [2.05, 4.69) is 15.1 Å². The number of anilines is 1. The van der Waals surface area contributed by atoms with E-state index in [1.807, 2.05) is 32.0 Å². The molecule has 1 aromatic carbocycles. The van der Waals surface area contributed by atoms with Crippen molar-refractivity contribution in [2.75, 3.05) is 4.90 Å². The third-order valence-corrected chi connectivity index (χ3v) is 5.35. The summed E-state index contributed by atoms with van der Waals surface area (Å²) in [4.78, 5) is 23.7. The summed E-state index contributed by atoms with van der Waals surface area (Å²) in [6, 6.07) is 12.1. The summed E-state index contributed by atoms with van der Waals surface area (Å²) in [6.45, 7) is 4.58. The molecule has 0 N–H and O–H groups in total. The maximum absolute atomic E-state index is 14.2. The molecule has 6 nitrogen and oxygen atoms in total. The lowest BCUT2D eigenvalue weighted by molar-refractivity contribution is 0.0974. The van der Waals surface area contributed by atoms with E-state index >= 15 is 0 Å². The first kappa shape index (κ1) is 18.2. The van der Waals surface area contributed by atoms with E-state index in [9.17, 15) is 9.18 Å². The molecule has 142 valence electrons. The molecule has 0 aliphatic rings. The quantitative estimate of drug-likeness (QED) is 0.508. The first-order valence-corrected chi connectivity index (χ1v) is 9.69. The van der Waals surface area contributed by atoms with Gasteiger partial charge in [-0.15, -0.1) is 0 Å². The summed E-state index contributed by atoms with van der Waals surface area (Å²) in [5.41, 5.74) is 2.21. The zero-order valence-corrected chi connectivity index (χ0v) is 16.3. The number of fused-ring (bicyclic) bond motifs is 1. The molecule has 28 heavy (non-hydrogen) atoms. The van der Waals surface area contributed by atoms with Crippen LogP contribution >= 0.6 is 11.3 Å². The zero-order chi connectivity index (χ0) is 19.7. The first-order chi connectivity index (χ1) is 13.6. The second-order valence-corrected chi connectivity index (χ2v) is 7.29. The molecule has 0 radical (unpaired) electrons. The molecule has 0 bridgehead atoms. The van der Waals surface area contributed by atoms with Gasteiger partial charge in [-0.3, -0.25) is 19.4 Å². The van der Waals surface area contributed by atoms with Crippen LogP contribution in [-0.4, -0.2) is 25.7 Å². The van der Waals surface area contributed by atoms with Gasteiger partial charge in [0.1, 0.15) is 17.0 Å². The molecule has 0 fully saturated rings. The predicted octanol–water partition coefficient (Wildman–Crippen LogP) is 4.20.